The van der Waals surface area contributed by atoms with Gasteiger partial charge >= 0.3 is 0 Å². The third-order valence-electron chi connectivity index (χ3n) is 5.79. The molecule has 1 saturated heterocycles. The fraction of sp³-hybridized carbons (Fsp3) is 0.250. The van der Waals surface area contributed by atoms with Crippen molar-refractivity contribution in [1.82, 2.24) is 20.3 Å². The van der Waals surface area contributed by atoms with Crippen molar-refractivity contribution >= 4 is 5.82 Å². The fourth-order valence-electron chi connectivity index (χ4n) is 4.03. The third kappa shape index (κ3) is 4.21. The molecule has 0 aliphatic carbocycles. The van der Waals surface area contributed by atoms with Gasteiger partial charge < -0.3 is 18.9 Å². The first kappa shape index (κ1) is 20.9. The van der Waals surface area contributed by atoms with Crippen molar-refractivity contribution < 1.29 is 18.4 Å². The number of nitrogens with zero attached hydrogens (tertiary/aromatic N) is 5. The molecule has 5 rings (SSSR count). The van der Waals surface area contributed by atoms with Crippen molar-refractivity contribution in [2.75, 3.05) is 32.2 Å². The van der Waals surface area contributed by atoms with E-state index in [0.29, 0.717) is 23.0 Å². The molecule has 1 aliphatic rings. The lowest BCUT2D eigenvalue weighted by Crippen LogP contribution is -2.20. The molecule has 0 amide bonds. The maximum Gasteiger partial charge on any atom is 0.278 e. The lowest BCUT2D eigenvalue weighted by molar-refractivity contribution is 0.396. The van der Waals surface area contributed by atoms with Crippen molar-refractivity contribution in [3.8, 4) is 34.5 Å². The molecule has 0 spiro atoms. The Labute approximate surface area is 190 Å². The number of rotatable bonds is 6. The number of ether oxygens (including phenoxy) is 2. The number of hydrogen-bond acceptors (Lipinski definition) is 8. The van der Waals surface area contributed by atoms with Crippen molar-refractivity contribution in [2.24, 2.45) is 0 Å². The van der Waals surface area contributed by atoms with E-state index in [4.69, 9.17) is 14.0 Å². The molecule has 168 valence electrons. The van der Waals surface area contributed by atoms with Crippen molar-refractivity contribution in [2.45, 2.75) is 12.3 Å². The van der Waals surface area contributed by atoms with Crippen molar-refractivity contribution in [1.29, 1.82) is 0 Å². The minimum Gasteiger partial charge on any atom is -0.497 e. The van der Waals surface area contributed by atoms with Gasteiger partial charge in [0.15, 0.2) is 11.5 Å². The van der Waals surface area contributed by atoms with Crippen LogP contribution in [0.3, 0.4) is 0 Å². The van der Waals surface area contributed by atoms with Crippen LogP contribution < -0.4 is 14.4 Å². The summed E-state index contributed by atoms with van der Waals surface area (Å²) in [7, 11) is 3.34. The Bertz CT molecular complexity index is 1240. The molecule has 1 atom stereocenters. The molecular formula is C24H22FN5O3. The van der Waals surface area contributed by atoms with Gasteiger partial charge in [-0.05, 0) is 61.0 Å². The number of methoxy groups -OCH3 is 2. The summed E-state index contributed by atoms with van der Waals surface area (Å²) in [6.45, 7) is 1.65. The SMILES string of the molecule is COc1ccc(OC)c([C@H]2CCN(c3ccc(-c4nc(-c5ccc(F)cc5)no4)nn3)C2)c1. The van der Waals surface area contributed by atoms with Crippen LogP contribution in [0.4, 0.5) is 10.2 Å². The molecule has 33 heavy (non-hydrogen) atoms. The van der Waals surface area contributed by atoms with Gasteiger partial charge in [0.2, 0.25) is 5.82 Å². The summed E-state index contributed by atoms with van der Waals surface area (Å²) in [4.78, 5) is 6.55. The van der Waals surface area contributed by atoms with Gasteiger partial charge in [-0.25, -0.2) is 4.39 Å². The number of hydrogen-bond donors (Lipinski definition) is 0. The van der Waals surface area contributed by atoms with Crippen LogP contribution >= 0.6 is 0 Å². The minimum absolute atomic E-state index is 0.258. The average molecular weight is 447 g/mol. The van der Waals surface area contributed by atoms with Gasteiger partial charge in [-0.15, -0.1) is 10.2 Å². The van der Waals surface area contributed by atoms with E-state index in [-0.39, 0.29) is 11.7 Å². The molecule has 1 aliphatic heterocycles. The van der Waals surface area contributed by atoms with Gasteiger partial charge in [0.25, 0.3) is 5.89 Å². The first-order valence-electron chi connectivity index (χ1n) is 10.5. The van der Waals surface area contributed by atoms with E-state index in [9.17, 15) is 4.39 Å². The quantitative estimate of drug-likeness (QED) is 0.431. The van der Waals surface area contributed by atoms with Gasteiger partial charge in [0, 0.05) is 30.1 Å². The molecule has 0 saturated carbocycles. The second kappa shape index (κ2) is 8.85. The molecule has 0 radical (unpaired) electrons. The van der Waals surface area contributed by atoms with E-state index >= 15 is 0 Å². The van der Waals surface area contributed by atoms with E-state index in [0.717, 1.165) is 42.4 Å². The maximum absolute atomic E-state index is 13.1. The predicted octanol–water partition coefficient (Wildman–Crippen LogP) is 4.34. The van der Waals surface area contributed by atoms with Gasteiger partial charge in [0.1, 0.15) is 17.3 Å². The first-order chi connectivity index (χ1) is 16.1. The zero-order valence-corrected chi connectivity index (χ0v) is 18.2. The Balaban J connectivity index is 1.30. The second-order valence-electron chi connectivity index (χ2n) is 7.75. The summed E-state index contributed by atoms with van der Waals surface area (Å²) >= 11 is 0. The zero-order valence-electron chi connectivity index (χ0n) is 18.2. The van der Waals surface area contributed by atoms with E-state index in [1.165, 1.54) is 12.1 Å². The minimum atomic E-state index is -0.321. The highest BCUT2D eigenvalue weighted by Gasteiger charge is 2.28. The molecule has 1 fully saturated rings. The molecule has 2 aromatic heterocycles. The van der Waals surface area contributed by atoms with Crippen LogP contribution in [-0.4, -0.2) is 47.6 Å². The van der Waals surface area contributed by atoms with Crippen LogP contribution in [0.15, 0.2) is 59.1 Å². The molecule has 9 heteroatoms. The summed E-state index contributed by atoms with van der Waals surface area (Å²) < 4.78 is 29.4. The summed E-state index contributed by atoms with van der Waals surface area (Å²) in [6.07, 6.45) is 0.970. The molecule has 2 aromatic carbocycles. The van der Waals surface area contributed by atoms with E-state index in [1.807, 2.05) is 30.3 Å². The zero-order chi connectivity index (χ0) is 22.8. The Morgan fingerprint density at radius 2 is 1.85 bits per heavy atom. The molecule has 0 unspecified atom stereocenters. The Morgan fingerprint density at radius 1 is 1.00 bits per heavy atom. The second-order valence-corrected chi connectivity index (χ2v) is 7.75. The highest BCUT2D eigenvalue weighted by Crippen LogP contribution is 2.37. The monoisotopic (exact) mass is 447 g/mol. The number of benzene rings is 2. The molecule has 0 bridgehead atoms. The Hall–Kier alpha value is -4.01. The third-order valence-corrected chi connectivity index (χ3v) is 5.79. The van der Waals surface area contributed by atoms with Crippen molar-refractivity contribution in [3.63, 3.8) is 0 Å². The summed E-state index contributed by atoms with van der Waals surface area (Å²) in [5.41, 5.74) is 2.26. The largest absolute Gasteiger partial charge is 0.497 e. The van der Waals surface area contributed by atoms with Crippen LogP contribution in [0.2, 0.25) is 0 Å². The summed E-state index contributed by atoms with van der Waals surface area (Å²) in [6, 6.07) is 15.5. The molecule has 3 heterocycles. The highest BCUT2D eigenvalue weighted by molar-refractivity contribution is 5.58. The van der Waals surface area contributed by atoms with Crippen LogP contribution in [0.1, 0.15) is 17.9 Å². The average Bonchev–Trinajstić information content (AvgIpc) is 3.55. The van der Waals surface area contributed by atoms with Gasteiger partial charge in [-0.3, -0.25) is 0 Å². The van der Waals surface area contributed by atoms with E-state index < -0.39 is 0 Å². The Morgan fingerprint density at radius 3 is 2.58 bits per heavy atom. The van der Waals surface area contributed by atoms with E-state index in [2.05, 4.69) is 25.2 Å². The van der Waals surface area contributed by atoms with Gasteiger partial charge in [-0.1, -0.05) is 5.16 Å². The molecule has 0 N–H and O–H groups in total. The molecule has 4 aromatic rings. The van der Waals surface area contributed by atoms with Gasteiger partial charge in [0.05, 0.1) is 14.2 Å². The maximum atomic E-state index is 13.1. The van der Waals surface area contributed by atoms with Crippen LogP contribution in [0.5, 0.6) is 11.5 Å². The number of halogens is 1. The smallest absolute Gasteiger partial charge is 0.278 e. The lowest BCUT2D eigenvalue weighted by Gasteiger charge is -2.18. The fourth-order valence-corrected chi connectivity index (χ4v) is 4.03. The van der Waals surface area contributed by atoms with Crippen LogP contribution in [0.25, 0.3) is 23.0 Å². The number of anilines is 1. The topological polar surface area (TPSA) is 86.4 Å². The number of aromatic nitrogens is 4. The molecule has 8 nitrogen and oxygen atoms in total. The highest BCUT2D eigenvalue weighted by atomic mass is 19.1. The Kier molecular flexibility index (Phi) is 5.60. The standard InChI is InChI=1S/C24H22FN5O3/c1-31-18-7-9-21(32-2)19(13-18)16-11-12-30(14-16)22-10-8-20(27-28-22)24-26-23(29-33-24)15-3-5-17(25)6-4-15/h3-10,13,16H,11-12,14H2,1-2H3/t16-/m0/s1. The predicted molar refractivity (Wildman–Crippen MR) is 120 cm³/mol. The van der Waals surface area contributed by atoms with E-state index in [1.54, 1.807) is 26.4 Å². The normalized spacial score (nSPS) is 15.6. The van der Waals surface area contributed by atoms with Crippen molar-refractivity contribution in [3.05, 3.63) is 66.0 Å². The van der Waals surface area contributed by atoms with Gasteiger partial charge in [-0.2, -0.15) is 4.98 Å². The van der Waals surface area contributed by atoms with Crippen LogP contribution in [-0.2, 0) is 0 Å². The lowest BCUT2D eigenvalue weighted by atomic mass is 9.97. The summed E-state index contributed by atoms with van der Waals surface area (Å²) in [5, 5.41) is 12.6. The molecular weight excluding hydrogens is 425 g/mol. The first-order valence-corrected chi connectivity index (χ1v) is 10.5. The summed E-state index contributed by atoms with van der Waals surface area (Å²) in [5.74, 6) is 3.05. The van der Waals surface area contributed by atoms with Crippen LogP contribution in [0, 0.1) is 5.82 Å².